The van der Waals surface area contributed by atoms with E-state index >= 15 is 0 Å². The van der Waals surface area contributed by atoms with Gasteiger partial charge >= 0.3 is 6.03 Å². The molecule has 4 aromatic carbocycles. The number of carbonyl (C=O) groups is 3. The first-order valence-electron chi connectivity index (χ1n) is 14.7. The maximum atomic E-state index is 14.5. The van der Waals surface area contributed by atoms with Crippen LogP contribution in [0.25, 0.3) is 21.5 Å². The number of urea groups is 1. The Labute approximate surface area is 241 Å². The van der Waals surface area contributed by atoms with Crippen molar-refractivity contribution < 1.29 is 25.9 Å². The first kappa shape index (κ1) is 28.5. The minimum atomic E-state index is -1.44. The van der Waals surface area contributed by atoms with Crippen molar-refractivity contribution in [3.63, 3.8) is 0 Å². The number of hydrogen-bond donors (Lipinski definition) is 2. The van der Waals surface area contributed by atoms with Crippen molar-refractivity contribution in [1.82, 2.24) is 9.80 Å². The summed E-state index contributed by atoms with van der Waals surface area (Å²) in [7, 11) is 0. The van der Waals surface area contributed by atoms with E-state index in [1.807, 2.05) is 72.8 Å². The van der Waals surface area contributed by atoms with Gasteiger partial charge in [-0.05, 0) is 71.2 Å². The summed E-state index contributed by atoms with van der Waals surface area (Å²) in [5.74, 6) is -0.794. The van der Waals surface area contributed by atoms with Gasteiger partial charge in [-0.1, -0.05) is 84.9 Å². The van der Waals surface area contributed by atoms with Crippen molar-refractivity contribution in [3.8, 4) is 0 Å². The predicted octanol–water partition coefficient (Wildman–Crippen LogP) is 3.60. The third-order valence-electron chi connectivity index (χ3n) is 8.17. The quantitative estimate of drug-likeness (QED) is 0.207. The fourth-order valence-electron chi connectivity index (χ4n) is 5.97. The summed E-state index contributed by atoms with van der Waals surface area (Å²) in [6.45, 7) is 2.01. The van der Waals surface area contributed by atoms with Gasteiger partial charge in [0.05, 0.1) is 13.1 Å². The second-order valence-electron chi connectivity index (χ2n) is 11.1. The summed E-state index contributed by atoms with van der Waals surface area (Å²) in [4.78, 5) is 45.3. The van der Waals surface area contributed by atoms with Crippen LogP contribution in [0, 0.1) is 5.41 Å². The molecule has 0 unspecified atom stereocenters. The largest absolute Gasteiger partial charge is 0.358 e. The van der Waals surface area contributed by atoms with Crippen LogP contribution < -0.4 is 11.5 Å². The third kappa shape index (κ3) is 5.87. The highest BCUT2D eigenvalue weighted by molar-refractivity contribution is 6.19. The molecule has 7 heteroatoms. The lowest BCUT2D eigenvalue weighted by Gasteiger charge is -2.44. The summed E-state index contributed by atoms with van der Waals surface area (Å²) in [5, 5.41) is 4.30. The molecule has 41 heavy (non-hydrogen) atoms. The van der Waals surface area contributed by atoms with E-state index < -0.39 is 23.3 Å². The molecule has 0 atom stereocenters. The summed E-state index contributed by atoms with van der Waals surface area (Å²) in [6.07, 6.45) is 3.35. The Bertz CT molecular complexity index is 1450. The molecule has 5 rings (SSSR count). The zero-order chi connectivity index (χ0) is 28.8. The number of unbranched alkanes of at least 4 members (excludes halogenated alkanes) is 2. The number of nitrogens with zero attached hydrogens (tertiary/aromatic N) is 2. The van der Waals surface area contributed by atoms with Crippen molar-refractivity contribution in [3.05, 3.63) is 96.1 Å². The lowest BCUT2D eigenvalue weighted by molar-refractivity contribution is -0.368. The highest BCUT2D eigenvalue weighted by atomic mass is 16.2. The highest BCUT2D eigenvalue weighted by Gasteiger charge is 2.56. The van der Waals surface area contributed by atoms with Gasteiger partial charge in [0.15, 0.2) is 0 Å². The Kier molecular flexibility index (Phi) is 8.76. The standard InChI is InChI=1S/C34H38N4O3/c35-17-5-7-19-37-31(39)34(32(40)38(33(37)41)20-8-6-18-36,23-25-13-15-27-9-1-3-11-29(27)21-25)24-26-14-16-28-10-2-4-12-30(28)22-26/h1-4,9-16,21-22H,5-8,17-20,23-24,35-36H2/p+2. The van der Waals surface area contributed by atoms with Crippen LogP contribution in [0.4, 0.5) is 4.79 Å². The number of barbiturate groups is 1. The molecular weight excluding hydrogens is 512 g/mol. The van der Waals surface area contributed by atoms with Crippen molar-refractivity contribution in [2.75, 3.05) is 26.2 Å². The molecule has 1 heterocycles. The Hall–Kier alpha value is -4.07. The zero-order valence-electron chi connectivity index (χ0n) is 23.7. The van der Waals surface area contributed by atoms with E-state index in [1.165, 1.54) is 9.80 Å². The maximum Gasteiger partial charge on any atom is 0.333 e. The maximum absolute atomic E-state index is 14.5. The summed E-state index contributed by atoms with van der Waals surface area (Å²) >= 11 is 0. The van der Waals surface area contributed by atoms with E-state index in [0.29, 0.717) is 12.8 Å². The fraction of sp³-hybridized carbons (Fsp3) is 0.324. The normalized spacial score (nSPS) is 15.3. The molecule has 0 aromatic heterocycles. The van der Waals surface area contributed by atoms with Crippen molar-refractivity contribution in [1.29, 1.82) is 0 Å². The van der Waals surface area contributed by atoms with Crippen LogP contribution in [-0.2, 0) is 22.4 Å². The summed E-state index contributed by atoms with van der Waals surface area (Å²) in [6, 6.07) is 27.9. The number of hydrogen-bond acceptors (Lipinski definition) is 3. The van der Waals surface area contributed by atoms with Gasteiger partial charge in [-0.2, -0.15) is 0 Å². The number of rotatable bonds is 12. The Balaban J connectivity index is 1.61. The molecule has 0 radical (unpaired) electrons. The van der Waals surface area contributed by atoms with Crippen LogP contribution in [-0.4, -0.2) is 53.8 Å². The summed E-state index contributed by atoms with van der Waals surface area (Å²) in [5.41, 5.74) is 8.19. The number of carbonyl (C=O) groups excluding carboxylic acids is 3. The fourth-order valence-corrected chi connectivity index (χ4v) is 5.97. The Morgan fingerprint density at radius 2 is 0.951 bits per heavy atom. The van der Waals surface area contributed by atoms with Gasteiger partial charge < -0.3 is 11.5 Å². The number of quaternary nitrogens is 2. The zero-order valence-corrected chi connectivity index (χ0v) is 23.7. The second kappa shape index (κ2) is 12.6. The lowest BCUT2D eigenvalue weighted by Crippen LogP contribution is -2.67. The molecule has 0 spiro atoms. The molecule has 1 saturated heterocycles. The minimum absolute atomic E-state index is 0.216. The van der Waals surface area contributed by atoms with Crippen LogP contribution in [0.1, 0.15) is 36.8 Å². The van der Waals surface area contributed by atoms with E-state index in [2.05, 4.69) is 23.6 Å². The number of imide groups is 2. The van der Waals surface area contributed by atoms with E-state index in [-0.39, 0.29) is 25.9 Å². The molecular formula is C34H40N4O3+2. The predicted molar refractivity (Wildman–Crippen MR) is 161 cm³/mol. The van der Waals surface area contributed by atoms with Gasteiger partial charge in [-0.25, -0.2) is 4.79 Å². The molecule has 0 bridgehead atoms. The van der Waals surface area contributed by atoms with E-state index in [9.17, 15) is 14.4 Å². The average Bonchev–Trinajstić information content (AvgIpc) is 2.99. The average molecular weight is 553 g/mol. The molecule has 1 aliphatic heterocycles. The van der Waals surface area contributed by atoms with Gasteiger partial charge in [0.1, 0.15) is 5.41 Å². The first-order valence-corrected chi connectivity index (χ1v) is 14.7. The molecule has 7 nitrogen and oxygen atoms in total. The number of fused-ring (bicyclic) bond motifs is 2. The first-order chi connectivity index (χ1) is 20.0. The highest BCUT2D eigenvalue weighted by Crippen LogP contribution is 2.38. The summed E-state index contributed by atoms with van der Waals surface area (Å²) < 4.78 is 0. The van der Waals surface area contributed by atoms with Crippen LogP contribution in [0.3, 0.4) is 0 Å². The number of amides is 4. The number of benzene rings is 4. The molecule has 4 aromatic rings. The molecule has 4 amide bonds. The van der Waals surface area contributed by atoms with Gasteiger partial charge in [-0.15, -0.1) is 0 Å². The molecule has 1 fully saturated rings. The molecule has 1 aliphatic rings. The van der Waals surface area contributed by atoms with Crippen molar-refractivity contribution in [2.45, 2.75) is 38.5 Å². The van der Waals surface area contributed by atoms with Crippen molar-refractivity contribution in [2.24, 2.45) is 5.41 Å². The van der Waals surface area contributed by atoms with Crippen LogP contribution in [0.2, 0.25) is 0 Å². The molecule has 0 aliphatic carbocycles. The Morgan fingerprint density at radius 3 is 1.37 bits per heavy atom. The third-order valence-corrected chi connectivity index (χ3v) is 8.17. The smallest absolute Gasteiger partial charge is 0.333 e. The topological polar surface area (TPSA) is 113 Å². The molecule has 6 N–H and O–H groups in total. The monoisotopic (exact) mass is 552 g/mol. The Morgan fingerprint density at radius 1 is 0.537 bits per heavy atom. The van der Waals surface area contributed by atoms with Gasteiger partial charge in [0, 0.05) is 13.1 Å². The lowest BCUT2D eigenvalue weighted by atomic mass is 9.72. The van der Waals surface area contributed by atoms with Crippen LogP contribution in [0.15, 0.2) is 84.9 Å². The molecule has 212 valence electrons. The SMILES string of the molecule is [NH3+]CCCCN1C(=O)N(CCCC[NH3+])C(=O)C(Cc2ccc3ccccc3c2)(Cc2ccc3ccccc3c2)C1=O. The van der Waals surface area contributed by atoms with E-state index in [4.69, 9.17) is 0 Å². The van der Waals surface area contributed by atoms with E-state index in [1.54, 1.807) is 0 Å². The second-order valence-corrected chi connectivity index (χ2v) is 11.1. The van der Waals surface area contributed by atoms with E-state index in [0.717, 1.165) is 58.6 Å². The van der Waals surface area contributed by atoms with Crippen LogP contribution >= 0.6 is 0 Å². The van der Waals surface area contributed by atoms with Gasteiger partial charge in [-0.3, -0.25) is 19.4 Å². The van der Waals surface area contributed by atoms with Crippen LogP contribution in [0.5, 0.6) is 0 Å². The van der Waals surface area contributed by atoms with Gasteiger partial charge in [0.2, 0.25) is 11.8 Å². The minimum Gasteiger partial charge on any atom is -0.358 e. The molecule has 0 saturated carbocycles. The van der Waals surface area contributed by atoms with Gasteiger partial charge in [0.25, 0.3) is 0 Å². The van der Waals surface area contributed by atoms with Crippen molar-refractivity contribution >= 4 is 39.4 Å².